The number of H-pyrrole nitrogens is 1. The van der Waals surface area contributed by atoms with Crippen LogP contribution in [0.1, 0.15) is 15.9 Å². The van der Waals surface area contributed by atoms with Crippen LogP contribution < -0.4 is 10.7 Å². The lowest BCUT2D eigenvalue weighted by molar-refractivity contribution is 0.102. The number of anilines is 1. The van der Waals surface area contributed by atoms with Crippen molar-refractivity contribution in [2.24, 2.45) is 0 Å². The quantitative estimate of drug-likeness (QED) is 0.756. The second-order valence-electron chi connectivity index (χ2n) is 4.70. The van der Waals surface area contributed by atoms with Gasteiger partial charge < -0.3 is 10.3 Å². The van der Waals surface area contributed by atoms with Crippen LogP contribution in [0.15, 0.2) is 53.6 Å². The van der Waals surface area contributed by atoms with Crippen LogP contribution in [0.5, 0.6) is 0 Å². The average molecular weight is 279 g/mol. The van der Waals surface area contributed by atoms with Crippen LogP contribution in [0.2, 0.25) is 0 Å². The summed E-state index contributed by atoms with van der Waals surface area (Å²) in [5, 5.41) is 3.15. The number of pyridine rings is 2. The molecule has 0 fully saturated rings. The van der Waals surface area contributed by atoms with Gasteiger partial charge in [-0.25, -0.2) is 4.98 Å². The predicted octanol–water partition coefficient (Wildman–Crippen LogP) is 2.48. The van der Waals surface area contributed by atoms with E-state index in [0.29, 0.717) is 16.7 Å². The monoisotopic (exact) mass is 279 g/mol. The molecule has 0 unspecified atom stereocenters. The fraction of sp³-hybridized carbons (Fsp3) is 0.0625. The summed E-state index contributed by atoms with van der Waals surface area (Å²) in [5.74, 6) is -0.0149. The Morgan fingerprint density at radius 2 is 2.00 bits per heavy atom. The molecule has 0 bridgehead atoms. The zero-order chi connectivity index (χ0) is 14.8. The van der Waals surface area contributed by atoms with Crippen molar-refractivity contribution >= 4 is 22.6 Å². The molecule has 21 heavy (non-hydrogen) atoms. The van der Waals surface area contributed by atoms with Crippen LogP contribution in [0.3, 0.4) is 0 Å². The third-order valence-corrected chi connectivity index (χ3v) is 3.27. The molecule has 2 heterocycles. The van der Waals surface area contributed by atoms with Gasteiger partial charge in [-0.1, -0.05) is 18.2 Å². The van der Waals surface area contributed by atoms with Gasteiger partial charge in [0.15, 0.2) is 0 Å². The summed E-state index contributed by atoms with van der Waals surface area (Å²) >= 11 is 0. The Morgan fingerprint density at radius 1 is 1.19 bits per heavy atom. The summed E-state index contributed by atoms with van der Waals surface area (Å²) in [7, 11) is 0. The normalized spacial score (nSPS) is 10.5. The molecule has 0 saturated carbocycles. The lowest BCUT2D eigenvalue weighted by Crippen LogP contribution is -2.22. The van der Waals surface area contributed by atoms with Gasteiger partial charge in [0, 0.05) is 23.3 Å². The molecule has 1 aromatic carbocycles. The van der Waals surface area contributed by atoms with Crippen molar-refractivity contribution in [3.8, 4) is 0 Å². The summed E-state index contributed by atoms with van der Waals surface area (Å²) in [5.41, 5.74) is 1.31. The predicted molar refractivity (Wildman–Crippen MR) is 81.5 cm³/mol. The Bertz CT molecular complexity index is 884. The Kier molecular flexibility index (Phi) is 3.23. The Morgan fingerprint density at radius 3 is 2.81 bits per heavy atom. The summed E-state index contributed by atoms with van der Waals surface area (Å²) < 4.78 is 0. The first-order valence-corrected chi connectivity index (χ1v) is 6.50. The maximum Gasteiger partial charge on any atom is 0.262 e. The topological polar surface area (TPSA) is 74.8 Å². The first-order valence-electron chi connectivity index (χ1n) is 6.50. The minimum absolute atomic E-state index is 0.0683. The molecular weight excluding hydrogens is 266 g/mol. The fourth-order valence-corrected chi connectivity index (χ4v) is 2.13. The minimum Gasteiger partial charge on any atom is -0.360 e. The Labute approximate surface area is 120 Å². The molecule has 0 radical (unpaired) electrons. The van der Waals surface area contributed by atoms with Crippen LogP contribution >= 0.6 is 0 Å². The van der Waals surface area contributed by atoms with Crippen molar-refractivity contribution < 1.29 is 4.79 Å². The second kappa shape index (κ2) is 5.20. The number of aromatic nitrogens is 2. The van der Waals surface area contributed by atoms with Gasteiger partial charge in [-0.05, 0) is 30.7 Å². The lowest BCUT2D eigenvalue weighted by atomic mass is 10.1. The van der Waals surface area contributed by atoms with Crippen molar-refractivity contribution in [3.63, 3.8) is 0 Å². The van der Waals surface area contributed by atoms with Crippen LogP contribution in [0.25, 0.3) is 10.9 Å². The van der Waals surface area contributed by atoms with E-state index in [1.54, 1.807) is 30.5 Å². The van der Waals surface area contributed by atoms with E-state index >= 15 is 0 Å². The molecule has 2 aromatic heterocycles. The number of nitrogens with zero attached hydrogens (tertiary/aromatic N) is 1. The number of aryl methyl sites for hydroxylation is 1. The van der Waals surface area contributed by atoms with Crippen LogP contribution in [0.4, 0.5) is 5.82 Å². The molecule has 104 valence electrons. The van der Waals surface area contributed by atoms with Gasteiger partial charge in [0.1, 0.15) is 11.4 Å². The van der Waals surface area contributed by atoms with Gasteiger partial charge >= 0.3 is 0 Å². The summed E-state index contributed by atoms with van der Waals surface area (Å²) in [4.78, 5) is 31.7. The molecule has 0 spiro atoms. The van der Waals surface area contributed by atoms with Gasteiger partial charge in [0.2, 0.25) is 5.43 Å². The lowest BCUT2D eigenvalue weighted by Gasteiger charge is -2.07. The SMILES string of the molecule is Cc1cccnc1NC(=O)c1c[nH]c2ccccc2c1=O. The Balaban J connectivity index is 2.01. The van der Waals surface area contributed by atoms with Gasteiger partial charge in [0.25, 0.3) is 5.91 Å². The number of rotatable bonds is 2. The standard InChI is InChI=1S/C16H13N3O2/c1-10-5-4-8-17-15(10)19-16(21)12-9-18-13-7-3-2-6-11(13)14(12)20/h2-9H,1H3,(H,18,20)(H,17,19,21). The Hall–Kier alpha value is -2.95. The van der Waals surface area contributed by atoms with Crippen molar-refractivity contribution in [2.75, 3.05) is 5.32 Å². The highest BCUT2D eigenvalue weighted by atomic mass is 16.2. The molecule has 0 atom stereocenters. The van der Waals surface area contributed by atoms with E-state index < -0.39 is 5.91 Å². The van der Waals surface area contributed by atoms with Crippen LogP contribution in [-0.4, -0.2) is 15.9 Å². The molecule has 1 amide bonds. The highest BCUT2D eigenvalue weighted by molar-refractivity contribution is 6.05. The van der Waals surface area contributed by atoms with Crippen molar-refractivity contribution in [1.29, 1.82) is 0 Å². The molecule has 0 aliphatic heterocycles. The number of amides is 1. The third-order valence-electron chi connectivity index (χ3n) is 3.27. The molecule has 0 aliphatic carbocycles. The molecule has 0 aliphatic rings. The molecule has 0 saturated heterocycles. The number of fused-ring (bicyclic) bond motifs is 1. The number of nitrogens with one attached hydrogen (secondary N) is 2. The number of carbonyl (C=O) groups excluding carboxylic acids is 1. The summed E-state index contributed by atoms with van der Waals surface area (Å²) in [6.45, 7) is 1.84. The maximum absolute atomic E-state index is 12.3. The van der Waals surface area contributed by atoms with Crippen molar-refractivity contribution in [1.82, 2.24) is 9.97 Å². The molecule has 2 N–H and O–H groups in total. The summed E-state index contributed by atoms with van der Waals surface area (Å²) in [6, 6.07) is 10.7. The largest absolute Gasteiger partial charge is 0.360 e. The molecule has 3 aromatic rings. The van der Waals surface area contributed by atoms with E-state index in [9.17, 15) is 9.59 Å². The molecular formula is C16H13N3O2. The summed E-state index contributed by atoms with van der Waals surface area (Å²) in [6.07, 6.45) is 3.02. The highest BCUT2D eigenvalue weighted by Crippen LogP contribution is 2.11. The smallest absolute Gasteiger partial charge is 0.262 e. The first-order chi connectivity index (χ1) is 10.2. The molecule has 5 nitrogen and oxygen atoms in total. The van der Waals surface area contributed by atoms with Crippen LogP contribution in [-0.2, 0) is 0 Å². The number of hydrogen-bond acceptors (Lipinski definition) is 3. The number of aromatic amines is 1. The number of benzene rings is 1. The number of hydrogen-bond donors (Lipinski definition) is 2. The van der Waals surface area contributed by atoms with E-state index in [-0.39, 0.29) is 11.0 Å². The third kappa shape index (κ3) is 2.41. The van der Waals surface area contributed by atoms with Gasteiger partial charge in [-0.2, -0.15) is 0 Å². The van der Waals surface area contributed by atoms with Gasteiger partial charge in [-0.3, -0.25) is 9.59 Å². The van der Waals surface area contributed by atoms with Gasteiger partial charge in [-0.15, -0.1) is 0 Å². The molecule has 3 rings (SSSR count). The fourth-order valence-electron chi connectivity index (χ4n) is 2.13. The van der Waals surface area contributed by atoms with Crippen LogP contribution in [0, 0.1) is 6.92 Å². The van der Waals surface area contributed by atoms with E-state index in [0.717, 1.165) is 5.56 Å². The second-order valence-corrected chi connectivity index (χ2v) is 4.70. The van der Waals surface area contributed by atoms with Crippen molar-refractivity contribution in [3.05, 3.63) is 70.1 Å². The van der Waals surface area contributed by atoms with Gasteiger partial charge in [0.05, 0.1) is 0 Å². The minimum atomic E-state index is -0.469. The average Bonchev–Trinajstić information content (AvgIpc) is 2.50. The number of para-hydroxylation sites is 1. The first kappa shape index (κ1) is 13.1. The van der Waals surface area contributed by atoms with E-state index in [1.807, 2.05) is 19.1 Å². The molecule has 5 heteroatoms. The van der Waals surface area contributed by atoms with E-state index in [2.05, 4.69) is 15.3 Å². The van der Waals surface area contributed by atoms with Crippen molar-refractivity contribution in [2.45, 2.75) is 6.92 Å². The zero-order valence-electron chi connectivity index (χ0n) is 11.4. The van der Waals surface area contributed by atoms with E-state index in [4.69, 9.17) is 0 Å². The highest BCUT2D eigenvalue weighted by Gasteiger charge is 2.14. The zero-order valence-corrected chi connectivity index (χ0v) is 11.4. The number of carbonyl (C=O) groups is 1. The maximum atomic E-state index is 12.3. The van der Waals surface area contributed by atoms with E-state index in [1.165, 1.54) is 6.20 Å².